The molecule has 6 nitrogen and oxygen atoms in total. The largest absolute Gasteiger partial charge is 0.444 e. The fourth-order valence-electron chi connectivity index (χ4n) is 3.45. The van der Waals surface area contributed by atoms with Gasteiger partial charge in [-0.1, -0.05) is 0 Å². The molecular formula is C17H28N4O2. The van der Waals surface area contributed by atoms with Crippen molar-refractivity contribution in [3.05, 3.63) is 17.7 Å². The molecule has 3 rings (SSSR count). The number of imidazole rings is 1. The number of likely N-dealkylation sites (tertiary alicyclic amines) is 1. The first-order chi connectivity index (χ1) is 10.9. The Kier molecular flexibility index (Phi) is 4.62. The van der Waals surface area contributed by atoms with Gasteiger partial charge in [-0.3, -0.25) is 4.90 Å². The SMILES string of the molecule is CC(C)(C)OC(=O)N1CCC[C@H]1c1ncc(C2CCNCC2)[nH]1. The van der Waals surface area contributed by atoms with Crippen LogP contribution in [0.5, 0.6) is 0 Å². The predicted molar refractivity (Wildman–Crippen MR) is 88.3 cm³/mol. The second-order valence-electron chi connectivity index (χ2n) is 7.58. The molecule has 2 saturated heterocycles. The second-order valence-corrected chi connectivity index (χ2v) is 7.58. The minimum absolute atomic E-state index is 0.0142. The molecule has 2 aliphatic heterocycles. The smallest absolute Gasteiger partial charge is 0.410 e. The van der Waals surface area contributed by atoms with Crippen molar-refractivity contribution in [3.63, 3.8) is 0 Å². The summed E-state index contributed by atoms with van der Waals surface area (Å²) >= 11 is 0. The van der Waals surface area contributed by atoms with E-state index in [0.29, 0.717) is 5.92 Å². The average molecular weight is 320 g/mol. The van der Waals surface area contributed by atoms with Crippen LogP contribution in [0.4, 0.5) is 4.79 Å². The van der Waals surface area contributed by atoms with E-state index in [1.807, 2.05) is 31.9 Å². The highest BCUT2D eigenvalue weighted by molar-refractivity contribution is 5.69. The Hall–Kier alpha value is -1.56. The molecule has 2 N–H and O–H groups in total. The van der Waals surface area contributed by atoms with E-state index < -0.39 is 5.60 Å². The fraction of sp³-hybridized carbons (Fsp3) is 0.765. The van der Waals surface area contributed by atoms with Crippen LogP contribution >= 0.6 is 0 Å². The minimum Gasteiger partial charge on any atom is -0.444 e. The van der Waals surface area contributed by atoms with E-state index in [2.05, 4.69) is 15.3 Å². The lowest BCUT2D eigenvalue weighted by atomic mass is 9.95. The number of nitrogens with one attached hydrogen (secondary N) is 2. The van der Waals surface area contributed by atoms with E-state index in [1.54, 1.807) is 0 Å². The summed E-state index contributed by atoms with van der Waals surface area (Å²) in [7, 11) is 0. The Morgan fingerprint density at radius 3 is 2.74 bits per heavy atom. The van der Waals surface area contributed by atoms with Crippen molar-refractivity contribution in [2.24, 2.45) is 0 Å². The van der Waals surface area contributed by atoms with Gasteiger partial charge in [-0.2, -0.15) is 0 Å². The predicted octanol–water partition coefficient (Wildman–Crippen LogP) is 2.95. The van der Waals surface area contributed by atoms with Gasteiger partial charge in [0.2, 0.25) is 0 Å². The Balaban J connectivity index is 1.70. The van der Waals surface area contributed by atoms with E-state index in [4.69, 9.17) is 4.74 Å². The molecule has 23 heavy (non-hydrogen) atoms. The number of ether oxygens (including phenoxy) is 1. The van der Waals surface area contributed by atoms with Crippen LogP contribution in [-0.4, -0.2) is 46.2 Å². The second kappa shape index (κ2) is 6.51. The molecule has 2 aliphatic rings. The van der Waals surface area contributed by atoms with Crippen LogP contribution in [0.1, 0.15) is 69.9 Å². The third-order valence-electron chi connectivity index (χ3n) is 4.59. The van der Waals surface area contributed by atoms with Gasteiger partial charge in [0.15, 0.2) is 0 Å². The highest BCUT2D eigenvalue weighted by Crippen LogP contribution is 2.33. The number of amides is 1. The van der Waals surface area contributed by atoms with Crippen molar-refractivity contribution in [2.45, 2.75) is 64.0 Å². The number of rotatable bonds is 2. The maximum absolute atomic E-state index is 12.4. The number of hydrogen-bond donors (Lipinski definition) is 2. The van der Waals surface area contributed by atoms with Gasteiger partial charge in [-0.25, -0.2) is 9.78 Å². The first-order valence-corrected chi connectivity index (χ1v) is 8.69. The summed E-state index contributed by atoms with van der Waals surface area (Å²) in [6.07, 6.45) is 5.94. The maximum Gasteiger partial charge on any atom is 0.410 e. The Morgan fingerprint density at radius 2 is 2.04 bits per heavy atom. The zero-order valence-electron chi connectivity index (χ0n) is 14.4. The molecular weight excluding hydrogens is 292 g/mol. The lowest BCUT2D eigenvalue weighted by Crippen LogP contribution is -2.36. The number of aromatic amines is 1. The number of carbonyl (C=O) groups is 1. The van der Waals surface area contributed by atoms with Gasteiger partial charge in [0.05, 0.1) is 6.04 Å². The molecule has 3 heterocycles. The van der Waals surface area contributed by atoms with Crippen LogP contribution in [0.15, 0.2) is 6.20 Å². The number of nitrogens with zero attached hydrogens (tertiary/aromatic N) is 2. The van der Waals surface area contributed by atoms with Gasteiger partial charge in [0.25, 0.3) is 0 Å². The van der Waals surface area contributed by atoms with Gasteiger partial charge >= 0.3 is 6.09 Å². The Morgan fingerprint density at radius 1 is 1.30 bits per heavy atom. The molecule has 0 aliphatic carbocycles. The lowest BCUT2D eigenvalue weighted by Gasteiger charge is -2.27. The van der Waals surface area contributed by atoms with Gasteiger partial charge < -0.3 is 15.0 Å². The zero-order chi connectivity index (χ0) is 16.4. The molecule has 128 valence electrons. The standard InChI is InChI=1S/C17H28N4O2/c1-17(2,3)23-16(22)21-10-4-5-14(21)15-19-11-13(20-15)12-6-8-18-9-7-12/h11-12,14,18H,4-10H2,1-3H3,(H,19,20)/t14-/m0/s1. The number of carbonyl (C=O) groups excluding carboxylic acids is 1. The van der Waals surface area contributed by atoms with Crippen molar-refractivity contribution < 1.29 is 9.53 Å². The summed E-state index contributed by atoms with van der Waals surface area (Å²) in [6.45, 7) is 8.57. The van der Waals surface area contributed by atoms with E-state index in [0.717, 1.165) is 51.1 Å². The molecule has 0 radical (unpaired) electrons. The van der Waals surface area contributed by atoms with Crippen molar-refractivity contribution in [3.8, 4) is 0 Å². The molecule has 0 saturated carbocycles. The van der Waals surface area contributed by atoms with Gasteiger partial charge in [-0.05, 0) is 59.5 Å². The molecule has 0 bridgehead atoms. The summed E-state index contributed by atoms with van der Waals surface area (Å²) in [4.78, 5) is 22.3. The van der Waals surface area contributed by atoms with Crippen molar-refractivity contribution in [1.82, 2.24) is 20.2 Å². The van der Waals surface area contributed by atoms with Crippen LogP contribution in [0, 0.1) is 0 Å². The number of piperidine rings is 1. The molecule has 6 heteroatoms. The summed E-state index contributed by atoms with van der Waals surface area (Å²) in [5.74, 6) is 1.45. The molecule has 0 spiro atoms. The van der Waals surface area contributed by atoms with Crippen LogP contribution in [0.2, 0.25) is 0 Å². The highest BCUT2D eigenvalue weighted by Gasteiger charge is 2.35. The Labute approximate surface area is 138 Å². The fourth-order valence-corrected chi connectivity index (χ4v) is 3.45. The molecule has 1 aromatic heterocycles. The van der Waals surface area contributed by atoms with E-state index in [9.17, 15) is 4.79 Å². The molecule has 0 aromatic carbocycles. The Bertz CT molecular complexity index is 543. The quantitative estimate of drug-likeness (QED) is 0.879. The van der Waals surface area contributed by atoms with Crippen LogP contribution in [-0.2, 0) is 4.74 Å². The van der Waals surface area contributed by atoms with Crippen molar-refractivity contribution in [1.29, 1.82) is 0 Å². The van der Waals surface area contributed by atoms with Gasteiger partial charge in [-0.15, -0.1) is 0 Å². The highest BCUT2D eigenvalue weighted by atomic mass is 16.6. The topological polar surface area (TPSA) is 70.2 Å². The summed E-state index contributed by atoms with van der Waals surface area (Å²) in [5.41, 5.74) is 0.741. The van der Waals surface area contributed by atoms with Crippen LogP contribution in [0.3, 0.4) is 0 Å². The average Bonchev–Trinajstić information content (AvgIpc) is 3.15. The first-order valence-electron chi connectivity index (χ1n) is 8.69. The summed E-state index contributed by atoms with van der Waals surface area (Å²) < 4.78 is 5.53. The minimum atomic E-state index is -0.465. The normalized spacial score (nSPS) is 23.3. The summed E-state index contributed by atoms with van der Waals surface area (Å²) in [6, 6.07) is 0.0142. The molecule has 0 unspecified atom stereocenters. The number of H-pyrrole nitrogens is 1. The van der Waals surface area contributed by atoms with Gasteiger partial charge in [0, 0.05) is 24.4 Å². The first kappa shape index (κ1) is 16.3. The van der Waals surface area contributed by atoms with Crippen molar-refractivity contribution >= 4 is 6.09 Å². The van der Waals surface area contributed by atoms with Crippen LogP contribution < -0.4 is 5.32 Å². The summed E-state index contributed by atoms with van der Waals surface area (Å²) in [5, 5.41) is 3.39. The molecule has 1 amide bonds. The monoisotopic (exact) mass is 320 g/mol. The van der Waals surface area contributed by atoms with E-state index in [1.165, 1.54) is 5.69 Å². The number of hydrogen-bond acceptors (Lipinski definition) is 4. The maximum atomic E-state index is 12.4. The third kappa shape index (κ3) is 3.86. The third-order valence-corrected chi connectivity index (χ3v) is 4.59. The lowest BCUT2D eigenvalue weighted by molar-refractivity contribution is 0.0218. The van der Waals surface area contributed by atoms with Crippen molar-refractivity contribution in [2.75, 3.05) is 19.6 Å². The van der Waals surface area contributed by atoms with Gasteiger partial charge in [0.1, 0.15) is 11.4 Å². The molecule has 2 fully saturated rings. The van der Waals surface area contributed by atoms with Crippen LogP contribution in [0.25, 0.3) is 0 Å². The number of aromatic nitrogens is 2. The molecule has 1 atom stereocenters. The molecule has 1 aromatic rings. The zero-order valence-corrected chi connectivity index (χ0v) is 14.4. The van der Waals surface area contributed by atoms with E-state index >= 15 is 0 Å². The van der Waals surface area contributed by atoms with E-state index in [-0.39, 0.29) is 12.1 Å².